The van der Waals surface area contributed by atoms with E-state index in [1.807, 2.05) is 4.90 Å². The lowest BCUT2D eigenvalue weighted by Crippen LogP contribution is -2.39. The van der Waals surface area contributed by atoms with E-state index in [0.29, 0.717) is 18.0 Å². The van der Waals surface area contributed by atoms with Crippen molar-refractivity contribution in [3.8, 4) is 0 Å². The van der Waals surface area contributed by atoms with Crippen LogP contribution in [0.4, 0.5) is 5.82 Å². The molecule has 2 rings (SSSR count). The van der Waals surface area contributed by atoms with E-state index in [1.165, 1.54) is 12.6 Å². The fourth-order valence-electron chi connectivity index (χ4n) is 2.25. The molecule has 114 valence electrons. The van der Waals surface area contributed by atoms with Gasteiger partial charge in [-0.05, 0) is 38.3 Å². The predicted octanol–water partition coefficient (Wildman–Crippen LogP) is 1.68. The number of nitrogens with zero attached hydrogens (tertiary/aromatic N) is 2. The molecule has 1 aliphatic heterocycles. The molecule has 6 heteroatoms. The number of hydrogen-bond donors (Lipinski definition) is 1. The van der Waals surface area contributed by atoms with Gasteiger partial charge in [-0.1, -0.05) is 0 Å². The molecule has 0 spiro atoms. The van der Waals surface area contributed by atoms with Gasteiger partial charge in [0.2, 0.25) is 5.91 Å². The summed E-state index contributed by atoms with van der Waals surface area (Å²) in [6.07, 6.45) is 4.82. The minimum Gasteiger partial charge on any atom is -0.462 e. The Morgan fingerprint density at radius 2 is 2.05 bits per heavy atom. The number of aromatic nitrogens is 1. The second-order valence-corrected chi connectivity index (χ2v) is 4.95. The molecule has 1 aliphatic rings. The van der Waals surface area contributed by atoms with Crippen molar-refractivity contribution in [2.45, 2.75) is 26.2 Å². The highest BCUT2D eigenvalue weighted by molar-refractivity contribution is 5.89. The summed E-state index contributed by atoms with van der Waals surface area (Å²) >= 11 is 0. The van der Waals surface area contributed by atoms with Gasteiger partial charge in [-0.3, -0.25) is 4.79 Å². The van der Waals surface area contributed by atoms with Crippen molar-refractivity contribution >= 4 is 17.7 Å². The van der Waals surface area contributed by atoms with Crippen LogP contribution in [0.15, 0.2) is 18.3 Å². The van der Waals surface area contributed by atoms with Gasteiger partial charge in [-0.2, -0.15) is 0 Å². The first-order chi connectivity index (χ1) is 10.2. The third-order valence-electron chi connectivity index (χ3n) is 3.40. The van der Waals surface area contributed by atoms with E-state index in [4.69, 9.17) is 4.74 Å². The van der Waals surface area contributed by atoms with Gasteiger partial charge in [-0.15, -0.1) is 0 Å². The van der Waals surface area contributed by atoms with Crippen LogP contribution in [0.5, 0.6) is 0 Å². The van der Waals surface area contributed by atoms with Gasteiger partial charge < -0.3 is 15.0 Å². The summed E-state index contributed by atoms with van der Waals surface area (Å²) in [6, 6.07) is 3.31. The average Bonchev–Trinajstić information content (AvgIpc) is 2.54. The van der Waals surface area contributed by atoms with E-state index < -0.39 is 0 Å². The lowest BCUT2D eigenvalue weighted by atomic mass is 10.1. The normalized spacial score (nSPS) is 14.6. The van der Waals surface area contributed by atoms with Gasteiger partial charge in [0, 0.05) is 19.3 Å². The zero-order chi connectivity index (χ0) is 15.1. The third-order valence-corrected chi connectivity index (χ3v) is 3.40. The number of rotatable bonds is 5. The Hall–Kier alpha value is -2.11. The van der Waals surface area contributed by atoms with Crippen LogP contribution < -0.4 is 5.32 Å². The Kier molecular flexibility index (Phi) is 5.54. The predicted molar refractivity (Wildman–Crippen MR) is 79.1 cm³/mol. The fraction of sp³-hybridized carbons (Fsp3) is 0.533. The molecular formula is C15H21N3O3. The zero-order valence-electron chi connectivity index (χ0n) is 12.3. The van der Waals surface area contributed by atoms with Crippen LogP contribution >= 0.6 is 0 Å². The van der Waals surface area contributed by atoms with Gasteiger partial charge in [0.25, 0.3) is 0 Å². The van der Waals surface area contributed by atoms with Crippen LogP contribution in [-0.4, -0.2) is 48.0 Å². The molecule has 0 unspecified atom stereocenters. The first-order valence-corrected chi connectivity index (χ1v) is 7.35. The zero-order valence-corrected chi connectivity index (χ0v) is 12.3. The van der Waals surface area contributed by atoms with Gasteiger partial charge >= 0.3 is 5.97 Å². The number of ether oxygens (including phenoxy) is 1. The van der Waals surface area contributed by atoms with E-state index in [1.54, 1.807) is 19.1 Å². The molecule has 6 nitrogen and oxygen atoms in total. The second-order valence-electron chi connectivity index (χ2n) is 4.95. The maximum atomic E-state index is 12.0. The molecule has 0 bridgehead atoms. The van der Waals surface area contributed by atoms with E-state index in [2.05, 4.69) is 10.3 Å². The van der Waals surface area contributed by atoms with Crippen LogP contribution in [0.25, 0.3) is 0 Å². The largest absolute Gasteiger partial charge is 0.462 e. The molecule has 1 aromatic rings. The lowest BCUT2D eigenvalue weighted by molar-refractivity contribution is -0.130. The quantitative estimate of drug-likeness (QED) is 0.836. The summed E-state index contributed by atoms with van der Waals surface area (Å²) in [4.78, 5) is 29.5. The molecule has 0 atom stereocenters. The maximum Gasteiger partial charge on any atom is 0.339 e. The number of carbonyl (C=O) groups excluding carboxylic acids is 2. The molecule has 1 aromatic heterocycles. The number of hydrogen-bond acceptors (Lipinski definition) is 5. The highest BCUT2D eigenvalue weighted by Gasteiger charge is 2.16. The van der Waals surface area contributed by atoms with Gasteiger partial charge in [-0.25, -0.2) is 9.78 Å². The van der Waals surface area contributed by atoms with E-state index >= 15 is 0 Å². The lowest BCUT2D eigenvalue weighted by Gasteiger charge is -2.26. The monoisotopic (exact) mass is 291 g/mol. The number of piperidine rings is 1. The molecule has 1 N–H and O–H groups in total. The van der Waals surface area contributed by atoms with Gasteiger partial charge in [0.15, 0.2) is 0 Å². The average molecular weight is 291 g/mol. The Morgan fingerprint density at radius 3 is 2.67 bits per heavy atom. The molecule has 1 fully saturated rings. The Labute approximate surface area is 124 Å². The van der Waals surface area contributed by atoms with Crippen LogP contribution in [0.2, 0.25) is 0 Å². The number of pyridine rings is 1. The summed E-state index contributed by atoms with van der Waals surface area (Å²) in [5.41, 5.74) is 0.407. The van der Waals surface area contributed by atoms with E-state index in [9.17, 15) is 9.59 Å². The Balaban J connectivity index is 1.83. The summed E-state index contributed by atoms with van der Waals surface area (Å²) in [5, 5.41) is 2.99. The van der Waals surface area contributed by atoms with Crippen LogP contribution in [0.1, 0.15) is 36.5 Å². The number of amides is 1. The van der Waals surface area contributed by atoms with Crippen LogP contribution in [0, 0.1) is 0 Å². The maximum absolute atomic E-state index is 12.0. The molecule has 0 aliphatic carbocycles. The molecule has 0 saturated carbocycles. The first-order valence-electron chi connectivity index (χ1n) is 7.35. The van der Waals surface area contributed by atoms with E-state index in [-0.39, 0.29) is 18.4 Å². The summed E-state index contributed by atoms with van der Waals surface area (Å²) < 4.78 is 4.89. The minimum atomic E-state index is -0.388. The van der Waals surface area contributed by atoms with Crippen molar-refractivity contribution in [1.29, 1.82) is 0 Å². The highest BCUT2D eigenvalue weighted by Crippen LogP contribution is 2.10. The number of carbonyl (C=O) groups is 2. The van der Waals surface area contributed by atoms with Crippen molar-refractivity contribution < 1.29 is 14.3 Å². The smallest absolute Gasteiger partial charge is 0.339 e. The minimum absolute atomic E-state index is 0.0889. The molecule has 21 heavy (non-hydrogen) atoms. The van der Waals surface area contributed by atoms with E-state index in [0.717, 1.165) is 25.9 Å². The van der Waals surface area contributed by atoms with Crippen LogP contribution in [-0.2, 0) is 9.53 Å². The van der Waals surface area contributed by atoms with Gasteiger partial charge in [0.1, 0.15) is 5.82 Å². The number of likely N-dealkylation sites (tertiary alicyclic amines) is 1. The molecule has 1 saturated heterocycles. The molecule has 1 amide bonds. The van der Waals surface area contributed by atoms with Gasteiger partial charge in [0.05, 0.1) is 18.7 Å². The number of nitrogens with one attached hydrogen (secondary N) is 1. The summed E-state index contributed by atoms with van der Waals surface area (Å²) in [7, 11) is 0. The molecular weight excluding hydrogens is 270 g/mol. The first kappa shape index (κ1) is 15.3. The SMILES string of the molecule is CCOC(=O)c1ccc(NCC(=O)N2CCCCC2)nc1. The second kappa shape index (κ2) is 7.61. The van der Waals surface area contributed by atoms with Crippen molar-refractivity contribution in [3.63, 3.8) is 0 Å². The third kappa shape index (κ3) is 4.44. The van der Waals surface area contributed by atoms with Crippen molar-refractivity contribution in [2.75, 3.05) is 31.6 Å². The molecule has 0 aromatic carbocycles. The fourth-order valence-corrected chi connectivity index (χ4v) is 2.25. The van der Waals surface area contributed by atoms with Crippen molar-refractivity contribution in [3.05, 3.63) is 23.9 Å². The number of anilines is 1. The number of esters is 1. The Bertz CT molecular complexity index is 481. The summed E-state index contributed by atoms with van der Waals surface area (Å²) in [6.45, 7) is 4.01. The molecule has 0 radical (unpaired) electrons. The standard InChI is InChI=1S/C15H21N3O3/c1-2-21-15(20)12-6-7-13(16-10-12)17-11-14(19)18-8-4-3-5-9-18/h6-7,10H,2-5,8-9,11H2,1H3,(H,16,17). The molecule has 2 heterocycles. The summed E-state index contributed by atoms with van der Waals surface area (Å²) in [5.74, 6) is 0.278. The van der Waals surface area contributed by atoms with Crippen LogP contribution in [0.3, 0.4) is 0 Å². The topological polar surface area (TPSA) is 71.5 Å². The van der Waals surface area contributed by atoms with Crippen molar-refractivity contribution in [2.24, 2.45) is 0 Å². The highest BCUT2D eigenvalue weighted by atomic mass is 16.5. The Morgan fingerprint density at radius 1 is 1.29 bits per heavy atom. The van der Waals surface area contributed by atoms with Crippen molar-refractivity contribution in [1.82, 2.24) is 9.88 Å².